The van der Waals surface area contributed by atoms with Crippen molar-refractivity contribution in [3.8, 4) is 0 Å². The summed E-state index contributed by atoms with van der Waals surface area (Å²) in [6.45, 7) is 3.98. The first kappa shape index (κ1) is 14.7. The van der Waals surface area contributed by atoms with Crippen molar-refractivity contribution in [1.82, 2.24) is 0 Å². The van der Waals surface area contributed by atoms with Gasteiger partial charge < -0.3 is 9.47 Å². The third-order valence-electron chi connectivity index (χ3n) is 3.63. The lowest BCUT2D eigenvalue weighted by Gasteiger charge is -2.37. The van der Waals surface area contributed by atoms with E-state index in [0.29, 0.717) is 5.75 Å². The van der Waals surface area contributed by atoms with Crippen LogP contribution in [0.3, 0.4) is 0 Å². The molecule has 1 fully saturated rings. The molecule has 106 valence electrons. The van der Waals surface area contributed by atoms with E-state index in [1.807, 2.05) is 38.1 Å². The van der Waals surface area contributed by atoms with Crippen molar-refractivity contribution in [3.05, 3.63) is 29.8 Å². The number of rotatable bonds is 4. The second-order valence-corrected chi connectivity index (χ2v) is 6.79. The Bertz CT molecular complexity index is 443. The molecule has 1 heterocycles. The second-order valence-electron chi connectivity index (χ2n) is 5.30. The van der Waals surface area contributed by atoms with E-state index in [1.165, 1.54) is 5.56 Å². The van der Waals surface area contributed by atoms with Gasteiger partial charge in [0.05, 0.1) is 22.7 Å². The molecule has 1 aliphatic rings. The molecule has 0 N–H and O–H groups in total. The van der Waals surface area contributed by atoms with Crippen molar-refractivity contribution < 1.29 is 13.7 Å². The number of aryl methyl sites for hydroxylation is 1. The average molecular weight is 282 g/mol. The summed E-state index contributed by atoms with van der Waals surface area (Å²) in [5.41, 5.74) is 1.18. The first-order chi connectivity index (χ1) is 9.02. The van der Waals surface area contributed by atoms with E-state index in [4.69, 9.17) is 9.47 Å². The summed E-state index contributed by atoms with van der Waals surface area (Å²) in [7, 11) is 0.661. The van der Waals surface area contributed by atoms with E-state index in [9.17, 15) is 4.21 Å². The van der Waals surface area contributed by atoms with Gasteiger partial charge in [0.15, 0.2) is 5.79 Å². The minimum Gasteiger partial charge on any atom is -0.353 e. The SMILES string of the molecule is CO[C@@]1(C)CCC[C@H](CS(=O)c2ccc(C)cc2)O1. The number of hydrogen-bond acceptors (Lipinski definition) is 3. The highest BCUT2D eigenvalue weighted by atomic mass is 32.2. The molecule has 0 amide bonds. The fraction of sp³-hybridized carbons (Fsp3) is 0.600. The van der Waals surface area contributed by atoms with Crippen LogP contribution < -0.4 is 0 Å². The number of hydrogen-bond donors (Lipinski definition) is 0. The molecule has 4 heteroatoms. The van der Waals surface area contributed by atoms with Gasteiger partial charge in [-0.3, -0.25) is 4.21 Å². The van der Waals surface area contributed by atoms with Crippen molar-refractivity contribution in [3.63, 3.8) is 0 Å². The van der Waals surface area contributed by atoms with Crippen LogP contribution >= 0.6 is 0 Å². The maximum absolute atomic E-state index is 12.3. The second kappa shape index (κ2) is 6.16. The van der Waals surface area contributed by atoms with Crippen LogP contribution in [-0.4, -0.2) is 29.0 Å². The quantitative estimate of drug-likeness (QED) is 0.851. The van der Waals surface area contributed by atoms with Gasteiger partial charge in [-0.25, -0.2) is 0 Å². The van der Waals surface area contributed by atoms with Crippen molar-refractivity contribution in [2.45, 2.75) is 49.9 Å². The fourth-order valence-electron chi connectivity index (χ4n) is 2.34. The maximum atomic E-state index is 12.3. The van der Waals surface area contributed by atoms with Gasteiger partial charge in [0.25, 0.3) is 0 Å². The van der Waals surface area contributed by atoms with Crippen molar-refractivity contribution in [1.29, 1.82) is 0 Å². The van der Waals surface area contributed by atoms with Gasteiger partial charge in [-0.15, -0.1) is 0 Å². The van der Waals surface area contributed by atoms with Gasteiger partial charge in [-0.1, -0.05) is 17.7 Å². The molecule has 0 aromatic heterocycles. The standard InChI is InChI=1S/C15H22O3S/c1-12-6-8-14(9-7-12)19(16)11-13-5-4-10-15(2,17-3)18-13/h6-9,13H,4-5,10-11H2,1-3H3/t13-,15-,19?/m1/s1. The molecule has 1 saturated heterocycles. The molecule has 1 aromatic carbocycles. The zero-order valence-electron chi connectivity index (χ0n) is 11.8. The molecule has 1 aliphatic heterocycles. The molecule has 19 heavy (non-hydrogen) atoms. The van der Waals surface area contributed by atoms with E-state index in [-0.39, 0.29) is 6.10 Å². The van der Waals surface area contributed by atoms with Crippen LogP contribution in [-0.2, 0) is 20.3 Å². The van der Waals surface area contributed by atoms with Crippen molar-refractivity contribution in [2.75, 3.05) is 12.9 Å². The fourth-order valence-corrected chi connectivity index (χ4v) is 3.55. The Morgan fingerprint density at radius 2 is 2.11 bits per heavy atom. The van der Waals surface area contributed by atoms with E-state index in [0.717, 1.165) is 24.2 Å². The molecule has 3 nitrogen and oxygen atoms in total. The summed E-state index contributed by atoms with van der Waals surface area (Å²) in [5, 5.41) is 0. The predicted molar refractivity (Wildman–Crippen MR) is 76.6 cm³/mol. The number of ether oxygens (including phenoxy) is 2. The third-order valence-corrected chi connectivity index (χ3v) is 5.10. The zero-order chi connectivity index (χ0) is 13.9. The Morgan fingerprint density at radius 1 is 1.42 bits per heavy atom. The van der Waals surface area contributed by atoms with Gasteiger partial charge in [0.1, 0.15) is 0 Å². The van der Waals surface area contributed by atoms with Crippen LogP contribution in [0.4, 0.5) is 0 Å². The largest absolute Gasteiger partial charge is 0.353 e. The summed E-state index contributed by atoms with van der Waals surface area (Å²) in [6, 6.07) is 7.86. The molecule has 1 aromatic rings. The monoisotopic (exact) mass is 282 g/mol. The summed E-state index contributed by atoms with van der Waals surface area (Å²) < 4.78 is 23.6. The minimum atomic E-state index is -1.00. The highest BCUT2D eigenvalue weighted by Crippen LogP contribution is 2.29. The zero-order valence-corrected chi connectivity index (χ0v) is 12.7. The van der Waals surface area contributed by atoms with Gasteiger partial charge in [-0.05, 0) is 38.8 Å². The molecular formula is C15H22O3S. The molecule has 3 atom stereocenters. The Balaban J connectivity index is 1.97. The van der Waals surface area contributed by atoms with Crippen LogP contribution in [0.1, 0.15) is 31.7 Å². The smallest absolute Gasteiger partial charge is 0.165 e. The topological polar surface area (TPSA) is 35.5 Å². The molecule has 0 radical (unpaired) electrons. The van der Waals surface area contributed by atoms with Crippen LogP contribution in [0.2, 0.25) is 0 Å². The van der Waals surface area contributed by atoms with E-state index in [1.54, 1.807) is 7.11 Å². The average Bonchev–Trinajstić information content (AvgIpc) is 2.39. The number of methoxy groups -OCH3 is 1. The third kappa shape index (κ3) is 3.88. The highest BCUT2D eigenvalue weighted by molar-refractivity contribution is 7.85. The first-order valence-electron chi connectivity index (χ1n) is 6.70. The lowest BCUT2D eigenvalue weighted by atomic mass is 10.0. The van der Waals surface area contributed by atoms with Crippen LogP contribution in [0.25, 0.3) is 0 Å². The van der Waals surface area contributed by atoms with Gasteiger partial charge in [-0.2, -0.15) is 0 Å². The molecule has 2 rings (SSSR count). The molecule has 0 saturated carbocycles. The normalized spacial score (nSPS) is 29.1. The summed E-state index contributed by atoms with van der Waals surface area (Å²) >= 11 is 0. The lowest BCUT2D eigenvalue weighted by Crippen LogP contribution is -2.41. The maximum Gasteiger partial charge on any atom is 0.165 e. The minimum absolute atomic E-state index is 0.0147. The first-order valence-corrected chi connectivity index (χ1v) is 8.02. The van der Waals surface area contributed by atoms with Gasteiger partial charge >= 0.3 is 0 Å². The molecule has 0 bridgehead atoms. The molecule has 0 aliphatic carbocycles. The highest BCUT2D eigenvalue weighted by Gasteiger charge is 2.33. The molecule has 0 spiro atoms. The number of benzene rings is 1. The summed E-state index contributed by atoms with van der Waals surface area (Å²) in [4.78, 5) is 0.874. The van der Waals surface area contributed by atoms with Crippen LogP contribution in [0.15, 0.2) is 29.2 Å². The summed E-state index contributed by atoms with van der Waals surface area (Å²) in [6.07, 6.45) is 2.93. The molecular weight excluding hydrogens is 260 g/mol. The van der Waals surface area contributed by atoms with Crippen molar-refractivity contribution >= 4 is 10.8 Å². The Labute approximate surface area is 117 Å². The Morgan fingerprint density at radius 3 is 2.74 bits per heavy atom. The molecule has 1 unspecified atom stereocenters. The van der Waals surface area contributed by atoms with Gasteiger partial charge in [0, 0.05) is 18.4 Å². The Hall–Kier alpha value is -0.710. The lowest BCUT2D eigenvalue weighted by molar-refractivity contribution is -0.252. The van der Waals surface area contributed by atoms with Crippen LogP contribution in [0.5, 0.6) is 0 Å². The van der Waals surface area contributed by atoms with Gasteiger partial charge in [0.2, 0.25) is 0 Å². The Kier molecular flexibility index (Phi) is 4.76. The van der Waals surface area contributed by atoms with E-state index in [2.05, 4.69) is 0 Å². The van der Waals surface area contributed by atoms with E-state index < -0.39 is 16.6 Å². The predicted octanol–water partition coefficient (Wildman–Crippen LogP) is 3.03. The summed E-state index contributed by atoms with van der Waals surface area (Å²) in [5.74, 6) is 0.0302. The van der Waals surface area contributed by atoms with Crippen molar-refractivity contribution in [2.24, 2.45) is 0 Å². The van der Waals surface area contributed by atoms with Crippen LogP contribution in [0, 0.1) is 6.92 Å². The van der Waals surface area contributed by atoms with E-state index >= 15 is 0 Å².